The van der Waals surface area contributed by atoms with Gasteiger partial charge in [-0.15, -0.1) is 0 Å². The first-order chi connectivity index (χ1) is 9.76. The normalized spacial score (nSPS) is 13.1. The number of hydrogen-bond acceptors (Lipinski definition) is 2. The van der Waals surface area contributed by atoms with Crippen molar-refractivity contribution in [1.82, 2.24) is 9.38 Å². The molecule has 0 aliphatic heterocycles. The van der Waals surface area contributed by atoms with Gasteiger partial charge in [0.2, 0.25) is 0 Å². The van der Waals surface area contributed by atoms with E-state index in [1.54, 1.807) is 13.2 Å². The zero-order valence-electron chi connectivity index (χ0n) is 11.1. The number of aromatic nitrogens is 2. The van der Waals surface area contributed by atoms with Crippen LogP contribution in [-0.2, 0) is 12.8 Å². The van der Waals surface area contributed by atoms with E-state index in [1.165, 1.54) is 17.8 Å². The predicted molar refractivity (Wildman–Crippen MR) is 74.5 cm³/mol. The molecule has 0 unspecified atom stereocenters. The molecule has 0 amide bonds. The second-order valence-electron chi connectivity index (χ2n) is 5.01. The summed E-state index contributed by atoms with van der Waals surface area (Å²) < 4.78 is 20.5. The van der Waals surface area contributed by atoms with E-state index >= 15 is 0 Å². The molecule has 0 saturated carbocycles. The van der Waals surface area contributed by atoms with Crippen LogP contribution in [0.25, 0.3) is 16.9 Å². The number of methoxy groups -OCH3 is 1. The molecule has 4 heteroatoms. The number of fused-ring (bicyclic) bond motifs is 5. The molecule has 0 saturated heterocycles. The van der Waals surface area contributed by atoms with Gasteiger partial charge in [-0.3, -0.25) is 0 Å². The molecule has 4 rings (SSSR count). The van der Waals surface area contributed by atoms with Gasteiger partial charge in [0.25, 0.3) is 0 Å². The first-order valence-corrected chi connectivity index (χ1v) is 6.60. The van der Waals surface area contributed by atoms with Gasteiger partial charge in [0, 0.05) is 11.8 Å². The summed E-state index contributed by atoms with van der Waals surface area (Å²) in [5, 5.41) is 0. The van der Waals surface area contributed by atoms with E-state index < -0.39 is 0 Å². The molecule has 0 spiro atoms. The van der Waals surface area contributed by atoms with Crippen LogP contribution in [0.4, 0.5) is 4.39 Å². The Kier molecular flexibility index (Phi) is 2.33. The fraction of sp³-hybridized carbons (Fsp3) is 0.188. The molecule has 0 N–H and O–H groups in total. The van der Waals surface area contributed by atoms with Crippen LogP contribution in [0.3, 0.4) is 0 Å². The second-order valence-corrected chi connectivity index (χ2v) is 5.01. The molecule has 100 valence electrons. The average Bonchev–Trinajstić information content (AvgIpc) is 2.84. The molecule has 1 aromatic carbocycles. The Morgan fingerprint density at radius 2 is 2.10 bits per heavy atom. The van der Waals surface area contributed by atoms with Crippen molar-refractivity contribution in [2.24, 2.45) is 0 Å². The van der Waals surface area contributed by atoms with Crippen molar-refractivity contribution in [3.05, 3.63) is 53.6 Å². The number of nitrogens with zero attached hydrogens (tertiary/aromatic N) is 2. The molecular weight excluding hydrogens is 255 g/mol. The lowest BCUT2D eigenvalue weighted by molar-refractivity contribution is 0.414. The lowest BCUT2D eigenvalue weighted by Gasteiger charge is -2.16. The molecule has 0 atom stereocenters. The lowest BCUT2D eigenvalue weighted by Crippen LogP contribution is -2.06. The molecule has 0 bridgehead atoms. The van der Waals surface area contributed by atoms with E-state index in [9.17, 15) is 4.39 Å². The quantitative estimate of drug-likeness (QED) is 0.677. The fourth-order valence-corrected chi connectivity index (χ4v) is 2.91. The SMILES string of the molecule is COc1ccc2c(c1)CCc1c-2nc2ccc(F)cn12. The largest absolute Gasteiger partial charge is 0.497 e. The van der Waals surface area contributed by atoms with Gasteiger partial charge in [0.15, 0.2) is 0 Å². The summed E-state index contributed by atoms with van der Waals surface area (Å²) in [6.07, 6.45) is 3.29. The Bertz CT molecular complexity index is 823. The van der Waals surface area contributed by atoms with Crippen molar-refractivity contribution >= 4 is 5.65 Å². The zero-order valence-corrected chi connectivity index (χ0v) is 11.1. The highest BCUT2D eigenvalue weighted by Gasteiger charge is 2.22. The number of benzene rings is 1. The van der Waals surface area contributed by atoms with Gasteiger partial charge in [-0.25, -0.2) is 9.37 Å². The van der Waals surface area contributed by atoms with Gasteiger partial charge in [0.05, 0.1) is 18.5 Å². The number of pyridine rings is 1. The van der Waals surface area contributed by atoms with Gasteiger partial charge >= 0.3 is 0 Å². The zero-order chi connectivity index (χ0) is 13.7. The first-order valence-electron chi connectivity index (χ1n) is 6.60. The van der Waals surface area contributed by atoms with E-state index in [-0.39, 0.29) is 5.82 Å². The van der Waals surface area contributed by atoms with Crippen LogP contribution < -0.4 is 4.74 Å². The third-order valence-electron chi connectivity index (χ3n) is 3.88. The summed E-state index contributed by atoms with van der Waals surface area (Å²) >= 11 is 0. The van der Waals surface area contributed by atoms with Crippen molar-refractivity contribution < 1.29 is 9.13 Å². The summed E-state index contributed by atoms with van der Waals surface area (Å²) in [6, 6.07) is 9.20. The maximum Gasteiger partial charge on any atom is 0.139 e. The van der Waals surface area contributed by atoms with E-state index in [0.717, 1.165) is 41.2 Å². The van der Waals surface area contributed by atoms with Gasteiger partial charge in [0.1, 0.15) is 17.2 Å². The van der Waals surface area contributed by atoms with Crippen LogP contribution in [0.15, 0.2) is 36.5 Å². The monoisotopic (exact) mass is 268 g/mol. The van der Waals surface area contributed by atoms with E-state index in [0.29, 0.717) is 0 Å². The summed E-state index contributed by atoms with van der Waals surface area (Å²) in [7, 11) is 1.67. The summed E-state index contributed by atoms with van der Waals surface area (Å²) in [5.74, 6) is 0.625. The van der Waals surface area contributed by atoms with Gasteiger partial charge in [-0.2, -0.15) is 0 Å². The van der Waals surface area contributed by atoms with E-state index in [4.69, 9.17) is 4.74 Å². The minimum absolute atomic E-state index is 0.238. The van der Waals surface area contributed by atoms with E-state index in [2.05, 4.69) is 11.1 Å². The maximum absolute atomic E-state index is 13.4. The van der Waals surface area contributed by atoms with Crippen molar-refractivity contribution in [2.75, 3.05) is 7.11 Å². The summed E-state index contributed by atoms with van der Waals surface area (Å²) in [6.45, 7) is 0. The average molecular weight is 268 g/mol. The van der Waals surface area contributed by atoms with Crippen LogP contribution in [0.5, 0.6) is 5.75 Å². The molecule has 0 fully saturated rings. The Morgan fingerprint density at radius 1 is 1.20 bits per heavy atom. The Balaban J connectivity index is 1.98. The predicted octanol–water partition coefficient (Wildman–Crippen LogP) is 3.25. The van der Waals surface area contributed by atoms with Gasteiger partial charge in [-0.05, 0) is 48.7 Å². The topological polar surface area (TPSA) is 26.5 Å². The van der Waals surface area contributed by atoms with Crippen molar-refractivity contribution in [3.8, 4) is 17.0 Å². The Hall–Kier alpha value is -2.36. The van der Waals surface area contributed by atoms with Crippen molar-refractivity contribution in [1.29, 1.82) is 0 Å². The lowest BCUT2D eigenvalue weighted by atomic mass is 9.92. The first kappa shape index (κ1) is 11.5. The number of ether oxygens (including phenoxy) is 1. The molecular formula is C16H13FN2O. The third kappa shape index (κ3) is 1.54. The minimum atomic E-state index is -0.238. The molecule has 20 heavy (non-hydrogen) atoms. The van der Waals surface area contributed by atoms with Crippen molar-refractivity contribution in [3.63, 3.8) is 0 Å². The van der Waals surface area contributed by atoms with Crippen LogP contribution in [0.2, 0.25) is 0 Å². The minimum Gasteiger partial charge on any atom is -0.497 e. The number of aryl methyl sites for hydroxylation is 2. The number of rotatable bonds is 1. The number of imidazole rings is 1. The smallest absolute Gasteiger partial charge is 0.139 e. The molecule has 2 aromatic heterocycles. The summed E-state index contributed by atoms with van der Waals surface area (Å²) in [5.41, 5.74) is 5.19. The third-order valence-corrected chi connectivity index (χ3v) is 3.88. The number of hydrogen-bond donors (Lipinski definition) is 0. The molecule has 3 aromatic rings. The maximum atomic E-state index is 13.4. The highest BCUT2D eigenvalue weighted by Crippen LogP contribution is 2.35. The molecule has 2 heterocycles. The van der Waals surface area contributed by atoms with Gasteiger partial charge < -0.3 is 9.14 Å². The van der Waals surface area contributed by atoms with Crippen molar-refractivity contribution in [2.45, 2.75) is 12.8 Å². The molecule has 3 nitrogen and oxygen atoms in total. The Morgan fingerprint density at radius 3 is 2.95 bits per heavy atom. The van der Waals surface area contributed by atoms with Gasteiger partial charge in [-0.1, -0.05) is 0 Å². The molecule has 0 radical (unpaired) electrons. The second kappa shape index (κ2) is 4.07. The summed E-state index contributed by atoms with van der Waals surface area (Å²) in [4.78, 5) is 4.65. The molecule has 1 aliphatic carbocycles. The van der Waals surface area contributed by atoms with Crippen LogP contribution >= 0.6 is 0 Å². The highest BCUT2D eigenvalue weighted by atomic mass is 19.1. The van der Waals surface area contributed by atoms with Crippen LogP contribution in [-0.4, -0.2) is 16.5 Å². The van der Waals surface area contributed by atoms with Crippen LogP contribution in [0, 0.1) is 5.82 Å². The van der Waals surface area contributed by atoms with Crippen LogP contribution in [0.1, 0.15) is 11.3 Å². The standard InChI is InChI=1S/C16H13FN2O/c1-20-12-4-5-13-10(8-12)2-6-14-16(13)18-15-7-3-11(17)9-19(14)15/h3-5,7-9H,2,6H2,1H3. The highest BCUT2D eigenvalue weighted by molar-refractivity contribution is 5.72. The molecule has 1 aliphatic rings. The Labute approximate surface area is 115 Å². The number of halogens is 1. The fourth-order valence-electron chi connectivity index (χ4n) is 2.91. The van der Waals surface area contributed by atoms with E-state index in [1.807, 2.05) is 16.5 Å².